The van der Waals surface area contributed by atoms with Gasteiger partial charge in [-0.05, 0) is 168 Å². The van der Waals surface area contributed by atoms with Gasteiger partial charge in [0.1, 0.15) is 16.8 Å². The van der Waals surface area contributed by atoms with Gasteiger partial charge in [0.2, 0.25) is 23.2 Å². The first-order valence-electron chi connectivity index (χ1n) is 39.2. The fourth-order valence-electron chi connectivity index (χ4n) is 15.5. The van der Waals surface area contributed by atoms with E-state index in [-0.39, 0.29) is 36.7 Å². The molecule has 10 aromatic carbocycles. The molecule has 627 valence electrons. The van der Waals surface area contributed by atoms with Crippen molar-refractivity contribution in [3.05, 3.63) is 406 Å². The lowest BCUT2D eigenvalue weighted by atomic mass is 9.76. The first kappa shape index (κ1) is 88.8. The maximum absolute atomic E-state index is 13.9. The molecule has 24 heteroatoms. The Hall–Kier alpha value is -14.5. The molecule has 1 aliphatic heterocycles. The number of pyridine rings is 4. The number of aromatic amines is 1. The Balaban J connectivity index is 0.000000147. The Morgan fingerprint density at radius 2 is 0.815 bits per heavy atom. The molecule has 124 heavy (non-hydrogen) atoms. The summed E-state index contributed by atoms with van der Waals surface area (Å²) in [6, 6.07) is 90.7. The number of nitrogens with zero attached hydrogens (tertiary/aromatic N) is 7. The van der Waals surface area contributed by atoms with Crippen molar-refractivity contribution >= 4 is 68.7 Å². The molecule has 1 atom stereocenters. The number of hydrogen-bond acceptors (Lipinski definition) is 17. The number of quaternary nitrogens is 1. The van der Waals surface area contributed by atoms with Crippen molar-refractivity contribution in [3.63, 3.8) is 0 Å². The number of aryl methyl sites for hydroxylation is 5. The number of carbonyl (C=O) groups excluding carboxylic acids is 1. The lowest BCUT2D eigenvalue weighted by Gasteiger charge is -2.36. The van der Waals surface area contributed by atoms with Crippen molar-refractivity contribution in [1.29, 1.82) is 0 Å². The molecule has 17 aromatic rings. The summed E-state index contributed by atoms with van der Waals surface area (Å²) >= 11 is 3.48. The second-order valence-corrected chi connectivity index (χ2v) is 29.8. The SMILES string of the molecule is C.C.CC[N+]1(C)C(=O)Oc2cc(-c3cnc(OC)cc3C)ccc21.CCn1c(=O)oc2cc(-c3c[nH]c(=O)cc3C)ccc21.COc1cc(C)c(-c2ccc3c(c2)oc(=O)n3C(c2ccccc2)(c2ccccc2)c2ccccc2)cn1.COc1cc(C)c(O[B]O)cn1.O=c1oc2cc(Br)ccc2n1C(c1ccccc1)(c1ccccc1)c1ccccc1. The Morgan fingerprint density at radius 1 is 0.444 bits per heavy atom. The zero-order valence-corrected chi connectivity index (χ0v) is 70.2. The Labute approximate surface area is 726 Å². The summed E-state index contributed by atoms with van der Waals surface area (Å²) in [4.78, 5) is 77.5. The number of ether oxygens (including phenoxy) is 4. The highest BCUT2D eigenvalue weighted by molar-refractivity contribution is 9.10. The summed E-state index contributed by atoms with van der Waals surface area (Å²) in [6.07, 6.45) is 6.49. The molecule has 18 rings (SSSR count). The molecular weight excluding hydrogens is 1630 g/mol. The first-order chi connectivity index (χ1) is 59.2. The molecule has 22 nitrogen and oxygen atoms in total. The van der Waals surface area contributed by atoms with Gasteiger partial charge >= 0.3 is 31.0 Å². The minimum Gasteiger partial charge on any atom is -0.536 e. The van der Waals surface area contributed by atoms with Gasteiger partial charge < -0.3 is 46.9 Å². The Kier molecular flexibility index (Phi) is 27.9. The van der Waals surface area contributed by atoms with Crippen LogP contribution in [-0.4, -0.2) is 87.4 Å². The van der Waals surface area contributed by atoms with Crippen LogP contribution in [0.4, 0.5) is 10.5 Å². The van der Waals surface area contributed by atoms with Gasteiger partial charge in [-0.25, -0.2) is 29.3 Å². The third kappa shape index (κ3) is 17.6. The van der Waals surface area contributed by atoms with Gasteiger partial charge in [-0.3, -0.25) is 18.5 Å². The van der Waals surface area contributed by atoms with E-state index in [0.29, 0.717) is 72.2 Å². The Morgan fingerprint density at radius 3 is 1.22 bits per heavy atom. The molecule has 1 unspecified atom stereocenters. The van der Waals surface area contributed by atoms with Crippen molar-refractivity contribution < 1.29 is 46.7 Å². The average molecular weight is 1720 g/mol. The largest absolute Gasteiger partial charge is 0.569 e. The van der Waals surface area contributed by atoms with E-state index in [4.69, 9.17) is 41.9 Å². The predicted molar refractivity (Wildman–Crippen MR) is 492 cm³/mol. The zero-order valence-electron chi connectivity index (χ0n) is 68.6. The average Bonchev–Trinajstić information content (AvgIpc) is 1.42. The van der Waals surface area contributed by atoms with E-state index in [2.05, 4.69) is 109 Å². The van der Waals surface area contributed by atoms with Gasteiger partial charge in [0.25, 0.3) is 0 Å². The topological polar surface area (TPSA) is 260 Å². The molecule has 1 radical (unpaired) electrons. The van der Waals surface area contributed by atoms with Gasteiger partial charge in [-0.1, -0.05) is 225 Å². The highest BCUT2D eigenvalue weighted by Gasteiger charge is 2.46. The molecule has 0 bridgehead atoms. The quantitative estimate of drug-likeness (QED) is 0.0459. The van der Waals surface area contributed by atoms with Gasteiger partial charge in [0.15, 0.2) is 28.2 Å². The fraction of sp³-hybridized carbons (Fsp3) is 0.160. The van der Waals surface area contributed by atoms with Gasteiger partial charge in [-0.2, -0.15) is 9.28 Å². The predicted octanol–water partition coefficient (Wildman–Crippen LogP) is 20.4. The molecule has 8 heterocycles. The van der Waals surface area contributed by atoms with Crippen molar-refractivity contribution in [2.45, 2.75) is 74.0 Å². The van der Waals surface area contributed by atoms with E-state index < -0.39 is 22.6 Å². The van der Waals surface area contributed by atoms with E-state index >= 15 is 0 Å². The van der Waals surface area contributed by atoms with Crippen LogP contribution in [0.15, 0.2) is 341 Å². The van der Waals surface area contributed by atoms with Crippen LogP contribution in [0.5, 0.6) is 29.1 Å². The van der Waals surface area contributed by atoms with E-state index in [0.717, 1.165) is 110 Å². The highest BCUT2D eigenvalue weighted by Crippen LogP contribution is 2.46. The minimum absolute atomic E-state index is 0. The van der Waals surface area contributed by atoms with Gasteiger partial charge in [0.05, 0.1) is 57.7 Å². The zero-order chi connectivity index (χ0) is 85.8. The van der Waals surface area contributed by atoms with Crippen molar-refractivity contribution in [3.8, 4) is 62.5 Å². The number of carbonyl (C=O) groups is 1. The summed E-state index contributed by atoms with van der Waals surface area (Å²) in [5.74, 6) is 1.63. The van der Waals surface area contributed by atoms with E-state index in [1.165, 1.54) is 6.20 Å². The van der Waals surface area contributed by atoms with E-state index in [1.807, 2.05) is 243 Å². The fourth-order valence-corrected chi connectivity index (χ4v) is 15.9. The van der Waals surface area contributed by atoms with Crippen LogP contribution >= 0.6 is 15.9 Å². The summed E-state index contributed by atoms with van der Waals surface area (Å²) in [7, 11) is 7.23. The highest BCUT2D eigenvalue weighted by atomic mass is 79.9. The number of fused-ring (bicyclic) bond motifs is 4. The van der Waals surface area contributed by atoms with Gasteiger partial charge in [-0.15, -0.1) is 0 Å². The number of rotatable bonds is 18. The standard InChI is InChI=1S/C33H26N2O3.C26H18BrNO2.C17H19N2O3.C15H14N2O3.C7H9BNO3.2CH4/c1-23-20-31(37-2)34-22-28(23)24-18-19-29-30(21-24)38-32(36)35(29)33(25-12-6-3-7-13-25,26-14-8-4-9-15-26)27-16-10-5-11-17-27;27-22-16-17-23-24(18-22)30-25(29)28(23)26(19-10-4-1-5-11-19,20-12-6-2-7-13-20)21-14-8-3-9-15-21;1-5-19(3)14-7-6-12(9-15(14)22-17(19)20)13-10-18-16(21-4)8-11(13)2;1-3-17-12-5-4-10(7-13(12)20-15(17)19)11-8-16-14(18)6-9(11)2;1-5-3-7(11-2)9-4-6(5)12-8-10;;/h3-22H,1-2H3;1-18H;6-10H,5H2,1-4H3;4-8H,3H2,1-2H3,(H,16,18);3-4,10H,1-2H3;2*1H4/q;;+1;;;;. The lowest BCUT2D eigenvalue weighted by Crippen LogP contribution is -2.47. The summed E-state index contributed by atoms with van der Waals surface area (Å²) in [5.41, 5.74) is 18.0. The number of hydrogen-bond donors (Lipinski definition) is 2. The number of H-pyrrole nitrogens is 1. The van der Waals surface area contributed by atoms with Crippen molar-refractivity contribution in [2.24, 2.45) is 0 Å². The van der Waals surface area contributed by atoms with Crippen LogP contribution in [0, 0.1) is 27.7 Å². The third-order valence-corrected chi connectivity index (χ3v) is 22.2. The van der Waals surface area contributed by atoms with E-state index in [1.54, 1.807) is 65.8 Å². The third-order valence-electron chi connectivity index (χ3n) is 21.7. The van der Waals surface area contributed by atoms with Crippen LogP contribution in [0.25, 0.3) is 66.7 Å². The maximum Gasteiger partial charge on any atom is 0.569 e. The second kappa shape index (κ2) is 38.9. The smallest absolute Gasteiger partial charge is 0.536 e. The van der Waals surface area contributed by atoms with E-state index in [9.17, 15) is 24.0 Å². The minimum atomic E-state index is -0.953. The summed E-state index contributed by atoms with van der Waals surface area (Å²) < 4.78 is 48.6. The molecule has 1 amide bonds. The Bertz CT molecular complexity index is 6650. The summed E-state index contributed by atoms with van der Waals surface area (Å²) in [6.45, 7) is 12.8. The number of nitrogens with one attached hydrogen (secondary N) is 1. The number of halogens is 1. The molecule has 0 spiro atoms. The number of oxazole rings is 3. The van der Waals surface area contributed by atoms with Crippen molar-refractivity contribution in [1.82, 2.24) is 38.1 Å². The summed E-state index contributed by atoms with van der Waals surface area (Å²) in [5, 5.41) is 8.36. The number of methoxy groups -OCH3 is 3. The normalized spacial score (nSPS) is 12.5. The van der Waals surface area contributed by atoms with Crippen LogP contribution < -0.4 is 50.9 Å². The molecule has 1 aliphatic rings. The number of benzene rings is 10. The number of amides is 1. The lowest BCUT2D eigenvalue weighted by molar-refractivity contribution is 0.180. The molecule has 0 saturated carbocycles. The maximum atomic E-state index is 13.9. The van der Waals surface area contributed by atoms with Gasteiger partial charge in [0, 0.05) is 76.6 Å². The first-order valence-corrected chi connectivity index (χ1v) is 40.0. The molecular formula is C100H94BBrN8O14+. The monoisotopic (exact) mass is 1720 g/mol. The van der Waals surface area contributed by atoms with Crippen LogP contribution in [0.1, 0.15) is 84.3 Å². The molecule has 0 fully saturated rings. The van der Waals surface area contributed by atoms with Crippen LogP contribution in [0.2, 0.25) is 0 Å². The number of aromatic nitrogens is 7. The molecule has 0 aliphatic carbocycles. The van der Waals surface area contributed by atoms with Crippen molar-refractivity contribution in [2.75, 3.05) is 34.9 Å². The molecule has 2 N–H and O–H groups in total. The van der Waals surface area contributed by atoms with Crippen LogP contribution in [-0.2, 0) is 17.6 Å². The second-order valence-electron chi connectivity index (χ2n) is 28.9. The van der Waals surface area contributed by atoms with Crippen LogP contribution in [0.3, 0.4) is 0 Å². The molecule has 7 aromatic heterocycles. The molecule has 0 saturated heterocycles.